The van der Waals surface area contributed by atoms with Gasteiger partial charge in [-0.25, -0.2) is 9.18 Å². The molecule has 17 heavy (non-hydrogen) atoms. The smallest absolute Gasteiger partial charge is 0.340 e. The molecule has 0 bridgehead atoms. The molecule has 4 nitrogen and oxygen atoms in total. The van der Waals surface area contributed by atoms with Gasteiger partial charge in [0.2, 0.25) is 0 Å². The number of anilines is 1. The summed E-state index contributed by atoms with van der Waals surface area (Å²) in [6.07, 6.45) is 0. The molecule has 1 rings (SSSR count). The third-order valence-electron chi connectivity index (χ3n) is 2.21. The fourth-order valence-corrected chi connectivity index (χ4v) is 3.92. The van der Waals surface area contributed by atoms with Crippen molar-refractivity contribution in [1.82, 2.24) is 0 Å². The number of methoxy groups -OCH3 is 1. The van der Waals surface area contributed by atoms with Crippen LogP contribution >= 0.6 is 23.1 Å². The lowest BCUT2D eigenvalue weighted by atomic mass is 10.2. The lowest BCUT2D eigenvalue weighted by molar-refractivity contribution is 0.0601. The molecule has 0 aliphatic carbocycles. The lowest BCUT2D eigenvalue weighted by Gasteiger charge is -2.14. The number of esters is 1. The first kappa shape index (κ1) is 14.2. The van der Waals surface area contributed by atoms with Crippen LogP contribution in [-0.2, 0) is 9.30 Å². The van der Waals surface area contributed by atoms with Crippen LogP contribution in [0.2, 0.25) is 0 Å². The number of ether oxygens (including phenoxy) is 1. The molecule has 0 radical (unpaired) electrons. The molecule has 1 aromatic carbocycles. The molecule has 1 aromatic rings. The molecule has 0 amide bonds. The van der Waals surface area contributed by atoms with Crippen molar-refractivity contribution in [3.63, 3.8) is 0 Å². The summed E-state index contributed by atoms with van der Waals surface area (Å²) in [5.41, 5.74) is 5.04. The Labute approximate surface area is 107 Å². The van der Waals surface area contributed by atoms with Crippen LogP contribution in [0.3, 0.4) is 0 Å². The predicted molar refractivity (Wildman–Crippen MR) is 68.9 cm³/mol. The van der Waals surface area contributed by atoms with E-state index < -0.39 is 18.9 Å². The largest absolute Gasteiger partial charge is 0.465 e. The van der Waals surface area contributed by atoms with Gasteiger partial charge in [-0.15, -0.1) is 0 Å². The number of nitrogens with two attached hydrogens (primary N) is 1. The van der Waals surface area contributed by atoms with Gasteiger partial charge < -0.3 is 15.0 Å². The topological polar surface area (TPSA) is 69.4 Å². The summed E-state index contributed by atoms with van der Waals surface area (Å²) in [7, 11) is -1.56. The highest BCUT2D eigenvalue weighted by atomic mass is 79.9. The molecule has 0 aromatic heterocycles. The Morgan fingerprint density at radius 3 is 2.47 bits per heavy atom. The van der Waals surface area contributed by atoms with Crippen LogP contribution in [0.1, 0.15) is 10.4 Å². The van der Waals surface area contributed by atoms with E-state index in [1.807, 2.05) is 0 Å². The number of rotatable bonds is 2. The normalized spacial score (nSPS) is 11.4. The Morgan fingerprint density at radius 2 is 2.06 bits per heavy atom. The maximum absolute atomic E-state index is 13.8. The summed E-state index contributed by atoms with van der Waals surface area (Å²) in [6, 6.07) is 1.30. The maximum Gasteiger partial charge on any atom is 0.340 e. The molecule has 0 atom stereocenters. The van der Waals surface area contributed by atoms with E-state index in [1.54, 1.807) is 0 Å². The Kier molecular flexibility index (Phi) is 3.99. The third kappa shape index (κ3) is 2.69. The maximum atomic E-state index is 13.8. The summed E-state index contributed by atoms with van der Waals surface area (Å²) in [6.45, 7) is 2.95. The monoisotopic (exact) mass is 323 g/mol. The van der Waals surface area contributed by atoms with Gasteiger partial charge in [0.05, 0.1) is 22.8 Å². The van der Waals surface area contributed by atoms with Gasteiger partial charge in [0.25, 0.3) is 0 Å². The third-order valence-corrected chi connectivity index (χ3v) is 4.81. The standard InChI is InChI=1S/C10H12BrFNO3P/c1-16-10(14)5-4-6(17(2,3)15)7(11)8(12)9(5)13/h4H,13H2,1-3H3. The highest BCUT2D eigenvalue weighted by Crippen LogP contribution is 2.40. The van der Waals surface area contributed by atoms with Gasteiger partial charge in [-0.1, -0.05) is 0 Å². The van der Waals surface area contributed by atoms with Gasteiger partial charge in [0, 0.05) is 5.30 Å². The summed E-state index contributed by atoms with van der Waals surface area (Å²) in [4.78, 5) is 11.4. The van der Waals surface area contributed by atoms with Crippen LogP contribution in [0.5, 0.6) is 0 Å². The second-order valence-corrected chi connectivity index (χ2v) is 7.80. The van der Waals surface area contributed by atoms with E-state index >= 15 is 0 Å². The molecule has 0 unspecified atom stereocenters. The molecule has 0 aliphatic rings. The number of carbonyl (C=O) groups is 1. The second-order valence-electron chi connectivity index (χ2n) is 3.83. The lowest BCUT2D eigenvalue weighted by Crippen LogP contribution is -2.16. The molecule has 0 saturated carbocycles. The first-order chi connectivity index (χ1) is 7.70. The zero-order valence-electron chi connectivity index (χ0n) is 9.58. The van der Waals surface area contributed by atoms with Crippen molar-refractivity contribution in [1.29, 1.82) is 0 Å². The zero-order valence-corrected chi connectivity index (χ0v) is 12.1. The number of nitrogen functional groups attached to an aromatic ring is 1. The molecule has 0 aliphatic heterocycles. The van der Waals surface area contributed by atoms with Crippen LogP contribution in [0, 0.1) is 5.82 Å². The highest BCUT2D eigenvalue weighted by Gasteiger charge is 2.25. The van der Waals surface area contributed by atoms with Gasteiger partial charge in [0.1, 0.15) is 7.14 Å². The van der Waals surface area contributed by atoms with E-state index in [2.05, 4.69) is 20.7 Å². The number of benzene rings is 1. The van der Waals surface area contributed by atoms with Gasteiger partial charge in [-0.2, -0.15) is 0 Å². The van der Waals surface area contributed by atoms with Crippen molar-refractivity contribution in [2.24, 2.45) is 0 Å². The Bertz CT molecular complexity index is 527. The molecule has 7 heteroatoms. The van der Waals surface area contributed by atoms with Crippen LogP contribution in [0.4, 0.5) is 10.1 Å². The van der Waals surface area contributed by atoms with E-state index in [1.165, 1.54) is 26.5 Å². The SMILES string of the molecule is COC(=O)c1cc(P(C)(C)=O)c(Br)c(F)c1N. The molecule has 0 spiro atoms. The summed E-state index contributed by atoms with van der Waals surface area (Å²) < 4.78 is 30.3. The minimum absolute atomic E-state index is 0.0241. The quantitative estimate of drug-likeness (QED) is 0.514. The summed E-state index contributed by atoms with van der Waals surface area (Å²) in [5, 5.41) is 0.226. The van der Waals surface area contributed by atoms with Crippen LogP contribution in [-0.4, -0.2) is 26.4 Å². The van der Waals surface area contributed by atoms with Crippen LogP contribution < -0.4 is 11.0 Å². The molecular formula is C10H12BrFNO3P. The average Bonchev–Trinajstić information content (AvgIpc) is 2.23. The predicted octanol–water partition coefficient (Wildman–Crippen LogP) is 2.21. The number of hydrogen-bond acceptors (Lipinski definition) is 4. The van der Waals surface area contributed by atoms with Crippen molar-refractivity contribution in [2.75, 3.05) is 26.2 Å². The van der Waals surface area contributed by atoms with E-state index in [0.717, 1.165) is 0 Å². The first-order valence-electron chi connectivity index (χ1n) is 4.61. The number of carbonyl (C=O) groups excluding carboxylic acids is 1. The van der Waals surface area contributed by atoms with Crippen molar-refractivity contribution in [3.05, 3.63) is 21.9 Å². The van der Waals surface area contributed by atoms with Gasteiger partial charge in [-0.05, 0) is 35.3 Å². The van der Waals surface area contributed by atoms with Crippen molar-refractivity contribution in [3.8, 4) is 0 Å². The van der Waals surface area contributed by atoms with Crippen LogP contribution in [0.15, 0.2) is 10.5 Å². The molecule has 0 saturated heterocycles. The second kappa shape index (κ2) is 4.78. The highest BCUT2D eigenvalue weighted by molar-refractivity contribution is 9.10. The van der Waals surface area contributed by atoms with E-state index in [-0.39, 0.29) is 21.0 Å². The van der Waals surface area contributed by atoms with Crippen LogP contribution in [0.25, 0.3) is 0 Å². The number of halogens is 2. The molecule has 0 heterocycles. The van der Waals surface area contributed by atoms with E-state index in [4.69, 9.17) is 5.73 Å². The Hall–Kier alpha value is -0.870. The van der Waals surface area contributed by atoms with E-state index in [9.17, 15) is 13.8 Å². The minimum Gasteiger partial charge on any atom is -0.465 e. The molecular weight excluding hydrogens is 312 g/mol. The molecule has 0 fully saturated rings. The fourth-order valence-electron chi connectivity index (χ4n) is 1.30. The van der Waals surface area contributed by atoms with Crippen molar-refractivity contribution >= 4 is 40.0 Å². The van der Waals surface area contributed by atoms with Gasteiger partial charge in [-0.3, -0.25) is 0 Å². The summed E-state index contributed by atoms with van der Waals surface area (Å²) >= 11 is 2.99. The minimum atomic E-state index is -2.73. The van der Waals surface area contributed by atoms with Gasteiger partial charge in [0.15, 0.2) is 5.82 Å². The molecule has 2 N–H and O–H groups in total. The Morgan fingerprint density at radius 1 is 1.53 bits per heavy atom. The average molecular weight is 324 g/mol. The molecule has 94 valence electrons. The first-order valence-corrected chi connectivity index (χ1v) is 8.01. The zero-order chi connectivity index (χ0) is 13.4. The Balaban J connectivity index is 3.62. The summed E-state index contributed by atoms with van der Waals surface area (Å²) in [5.74, 6) is -1.56. The van der Waals surface area contributed by atoms with Gasteiger partial charge >= 0.3 is 5.97 Å². The van der Waals surface area contributed by atoms with Crippen molar-refractivity contribution < 1.29 is 18.5 Å². The van der Waals surface area contributed by atoms with E-state index in [0.29, 0.717) is 0 Å². The van der Waals surface area contributed by atoms with Crippen molar-refractivity contribution in [2.45, 2.75) is 0 Å². The fraction of sp³-hybridized carbons (Fsp3) is 0.300. The number of hydrogen-bond donors (Lipinski definition) is 1.